The third kappa shape index (κ3) is 4.18. The molecule has 23 heavy (non-hydrogen) atoms. The fourth-order valence-electron chi connectivity index (χ4n) is 1.85. The largest absolute Gasteiger partial charge is 0.212 e. The van der Waals surface area contributed by atoms with Crippen molar-refractivity contribution in [1.82, 2.24) is 14.9 Å². The zero-order valence-corrected chi connectivity index (χ0v) is 13.5. The Morgan fingerprint density at radius 1 is 1.22 bits per heavy atom. The van der Waals surface area contributed by atoms with Crippen LogP contribution in [0.2, 0.25) is 5.02 Å². The van der Waals surface area contributed by atoms with E-state index in [0.29, 0.717) is 15.7 Å². The van der Waals surface area contributed by atoms with Gasteiger partial charge in [0, 0.05) is 16.3 Å². The van der Waals surface area contributed by atoms with Crippen molar-refractivity contribution < 1.29 is 4.39 Å². The molecule has 7 heteroatoms. The molecule has 0 atom stereocenters. The van der Waals surface area contributed by atoms with Crippen LogP contribution in [0.15, 0.2) is 65.1 Å². The number of hydrogen-bond donors (Lipinski definition) is 0. The highest BCUT2D eigenvalue weighted by atomic mass is 35.5. The lowest BCUT2D eigenvalue weighted by Crippen LogP contribution is -1.94. The minimum Gasteiger partial charge on any atom is -0.206 e. The predicted octanol–water partition coefficient (Wildman–Crippen LogP) is 4.25. The molecule has 0 spiro atoms. The molecule has 0 saturated heterocycles. The van der Waals surface area contributed by atoms with Gasteiger partial charge >= 0.3 is 0 Å². The van der Waals surface area contributed by atoms with Crippen molar-refractivity contribution in [3.05, 3.63) is 76.8 Å². The molecule has 4 nitrogen and oxygen atoms in total. The Labute approximate surface area is 142 Å². The third-order valence-corrected chi connectivity index (χ3v) is 4.23. The molecule has 3 aromatic rings. The lowest BCUT2D eigenvalue weighted by Gasteiger charge is -2.01. The smallest absolute Gasteiger partial charge is 0.206 e. The van der Waals surface area contributed by atoms with Gasteiger partial charge in [0.2, 0.25) is 5.16 Å². The Kier molecular flexibility index (Phi) is 5.05. The Morgan fingerprint density at radius 3 is 2.87 bits per heavy atom. The van der Waals surface area contributed by atoms with E-state index in [0.717, 1.165) is 5.75 Å². The van der Waals surface area contributed by atoms with E-state index >= 15 is 0 Å². The van der Waals surface area contributed by atoms with Gasteiger partial charge in [0.25, 0.3) is 0 Å². The first-order chi connectivity index (χ1) is 11.2. The topological polar surface area (TPSA) is 43.1 Å². The summed E-state index contributed by atoms with van der Waals surface area (Å²) in [7, 11) is 0. The molecule has 0 N–H and O–H groups in total. The summed E-state index contributed by atoms with van der Waals surface area (Å²) in [5.74, 6) is 0.366. The lowest BCUT2D eigenvalue weighted by atomic mass is 10.2. The predicted molar refractivity (Wildman–Crippen MR) is 90.4 cm³/mol. The first-order valence-corrected chi connectivity index (χ1v) is 8.15. The molecule has 0 aliphatic rings. The SMILES string of the molecule is Fc1ccc(Cl)cc1/C=N/n1cnnc1SCc1ccccc1. The molecule has 0 aliphatic carbocycles. The molecule has 116 valence electrons. The minimum atomic E-state index is -0.385. The molecule has 1 aromatic heterocycles. The monoisotopic (exact) mass is 346 g/mol. The standard InChI is InChI=1S/C16H12ClFN4S/c17-14-6-7-15(18)13(8-14)9-20-22-11-19-21-16(22)23-10-12-4-2-1-3-5-12/h1-9,11H,10H2/b20-9+. The summed E-state index contributed by atoms with van der Waals surface area (Å²) in [5, 5.41) is 13.2. The highest BCUT2D eigenvalue weighted by Gasteiger charge is 2.05. The summed E-state index contributed by atoms with van der Waals surface area (Å²) >= 11 is 7.37. The summed E-state index contributed by atoms with van der Waals surface area (Å²) in [4.78, 5) is 0. The van der Waals surface area contributed by atoms with E-state index in [9.17, 15) is 4.39 Å². The summed E-state index contributed by atoms with van der Waals surface area (Å²) < 4.78 is 15.2. The number of benzene rings is 2. The number of nitrogens with zero attached hydrogens (tertiary/aromatic N) is 4. The van der Waals surface area contributed by atoms with Crippen LogP contribution in [0.25, 0.3) is 0 Å². The molecule has 0 bridgehead atoms. The van der Waals surface area contributed by atoms with Crippen LogP contribution in [0.4, 0.5) is 4.39 Å². The van der Waals surface area contributed by atoms with Crippen molar-refractivity contribution in [1.29, 1.82) is 0 Å². The van der Waals surface area contributed by atoms with Crippen LogP contribution < -0.4 is 0 Å². The Morgan fingerprint density at radius 2 is 2.04 bits per heavy atom. The van der Waals surface area contributed by atoms with E-state index in [2.05, 4.69) is 15.3 Å². The molecular formula is C16H12ClFN4S. The fourth-order valence-corrected chi connectivity index (χ4v) is 2.85. The van der Waals surface area contributed by atoms with E-state index in [1.807, 2.05) is 30.3 Å². The summed E-state index contributed by atoms with van der Waals surface area (Å²) in [6.45, 7) is 0. The summed E-state index contributed by atoms with van der Waals surface area (Å²) in [6, 6.07) is 14.3. The average Bonchev–Trinajstić information content (AvgIpc) is 3.02. The lowest BCUT2D eigenvalue weighted by molar-refractivity contribution is 0.625. The van der Waals surface area contributed by atoms with Crippen molar-refractivity contribution in [2.45, 2.75) is 10.9 Å². The Bertz CT molecular complexity index is 820. The molecule has 3 rings (SSSR count). The van der Waals surface area contributed by atoms with E-state index in [-0.39, 0.29) is 5.82 Å². The van der Waals surface area contributed by atoms with Crippen molar-refractivity contribution in [2.75, 3.05) is 0 Å². The second kappa shape index (κ2) is 7.39. The van der Waals surface area contributed by atoms with Crippen molar-refractivity contribution in [2.24, 2.45) is 5.10 Å². The van der Waals surface area contributed by atoms with Crippen LogP contribution in [0.5, 0.6) is 0 Å². The first kappa shape index (κ1) is 15.7. The van der Waals surface area contributed by atoms with E-state index in [1.165, 1.54) is 52.7 Å². The molecular weight excluding hydrogens is 335 g/mol. The van der Waals surface area contributed by atoms with Crippen molar-refractivity contribution >= 4 is 29.6 Å². The van der Waals surface area contributed by atoms with Gasteiger partial charge < -0.3 is 0 Å². The molecule has 0 saturated carbocycles. The molecule has 0 aliphatic heterocycles. The Hall–Kier alpha value is -2.18. The van der Waals surface area contributed by atoms with Crippen LogP contribution in [0, 0.1) is 5.82 Å². The van der Waals surface area contributed by atoms with Crippen molar-refractivity contribution in [3.63, 3.8) is 0 Å². The van der Waals surface area contributed by atoms with Gasteiger partial charge in [-0.2, -0.15) is 9.78 Å². The van der Waals surface area contributed by atoms with Crippen LogP contribution >= 0.6 is 23.4 Å². The van der Waals surface area contributed by atoms with Gasteiger partial charge in [0.15, 0.2) is 0 Å². The van der Waals surface area contributed by atoms with Gasteiger partial charge in [-0.25, -0.2) is 4.39 Å². The molecule has 0 radical (unpaired) electrons. The zero-order chi connectivity index (χ0) is 16.1. The third-order valence-electron chi connectivity index (χ3n) is 2.99. The average molecular weight is 347 g/mol. The van der Waals surface area contributed by atoms with Crippen LogP contribution in [0.1, 0.15) is 11.1 Å². The zero-order valence-electron chi connectivity index (χ0n) is 11.9. The summed E-state index contributed by atoms with van der Waals surface area (Å²) in [5.41, 5.74) is 1.49. The molecule has 0 fully saturated rings. The molecule has 0 unspecified atom stereocenters. The Balaban J connectivity index is 1.73. The number of aromatic nitrogens is 3. The van der Waals surface area contributed by atoms with Crippen LogP contribution in [-0.2, 0) is 5.75 Å². The minimum absolute atomic E-state index is 0.310. The van der Waals surface area contributed by atoms with E-state index in [4.69, 9.17) is 11.6 Å². The van der Waals surface area contributed by atoms with Gasteiger partial charge in [-0.1, -0.05) is 53.7 Å². The van der Waals surface area contributed by atoms with Gasteiger partial charge in [0.05, 0.1) is 6.21 Å². The quantitative estimate of drug-likeness (QED) is 0.512. The second-order valence-corrected chi connectivity index (χ2v) is 6.02. The fraction of sp³-hybridized carbons (Fsp3) is 0.0625. The van der Waals surface area contributed by atoms with E-state index < -0.39 is 0 Å². The van der Waals surface area contributed by atoms with Gasteiger partial charge in [-0.05, 0) is 23.8 Å². The maximum Gasteiger partial charge on any atom is 0.212 e. The highest BCUT2D eigenvalue weighted by Crippen LogP contribution is 2.20. The maximum atomic E-state index is 13.7. The number of thioether (sulfide) groups is 1. The maximum absolute atomic E-state index is 13.7. The second-order valence-electron chi connectivity index (χ2n) is 4.64. The van der Waals surface area contributed by atoms with Crippen LogP contribution in [0.3, 0.4) is 0 Å². The van der Waals surface area contributed by atoms with Gasteiger partial charge in [-0.3, -0.25) is 0 Å². The molecule has 0 amide bonds. The van der Waals surface area contributed by atoms with Crippen molar-refractivity contribution in [3.8, 4) is 0 Å². The normalized spacial score (nSPS) is 11.2. The van der Waals surface area contributed by atoms with E-state index in [1.54, 1.807) is 0 Å². The first-order valence-electron chi connectivity index (χ1n) is 6.78. The van der Waals surface area contributed by atoms with Gasteiger partial charge in [0.1, 0.15) is 12.1 Å². The number of rotatable bonds is 5. The summed E-state index contributed by atoms with van der Waals surface area (Å²) in [6.07, 6.45) is 2.88. The van der Waals surface area contributed by atoms with Gasteiger partial charge in [-0.15, -0.1) is 10.2 Å². The highest BCUT2D eigenvalue weighted by molar-refractivity contribution is 7.98. The number of halogens is 2. The molecule has 2 aromatic carbocycles. The number of hydrogen-bond acceptors (Lipinski definition) is 4. The van der Waals surface area contributed by atoms with Crippen LogP contribution in [-0.4, -0.2) is 21.1 Å². The molecule has 1 heterocycles.